The van der Waals surface area contributed by atoms with Gasteiger partial charge in [0.15, 0.2) is 5.96 Å². The van der Waals surface area contributed by atoms with Gasteiger partial charge in [0.1, 0.15) is 60.1 Å². The molecule has 1 fully saturated rings. The lowest BCUT2D eigenvalue weighted by molar-refractivity contribution is -0.145. The number of aliphatic carboxylic acids is 2. The van der Waals surface area contributed by atoms with Gasteiger partial charge in [0.2, 0.25) is 65.0 Å². The number of carboxylic acid groups (broad SMARTS) is 2. The van der Waals surface area contributed by atoms with Crippen molar-refractivity contribution >= 4 is 91.7 Å². The Morgan fingerprint density at radius 1 is 0.634 bits per heavy atom. The van der Waals surface area contributed by atoms with E-state index < -0.39 is 191 Å². The van der Waals surface area contributed by atoms with E-state index in [1.807, 2.05) is 5.32 Å². The van der Waals surface area contributed by atoms with E-state index >= 15 is 0 Å². The molecule has 1 heterocycles. The Kier molecular flexibility index (Phi) is 34.9. The number of carbonyl (C=O) groups is 13. The molecule has 11 amide bonds. The maximum Gasteiger partial charge on any atom is 0.500 e. The first-order valence-electron chi connectivity index (χ1n) is 29.6. The van der Waals surface area contributed by atoms with Crippen LogP contribution >= 0.6 is 0 Å². The molecule has 1 aromatic carbocycles. The van der Waals surface area contributed by atoms with Crippen molar-refractivity contribution in [2.24, 2.45) is 22.4 Å². The molecule has 0 bridgehead atoms. The largest absolute Gasteiger partial charge is 0.508 e. The predicted molar refractivity (Wildman–Crippen MR) is 328 cm³/mol. The number of hydrogen-bond acceptors (Lipinski definition) is 22. The molecule has 1 aliphatic rings. The number of benzene rings is 1. The number of phenols is 1. The molecule has 0 aromatic heterocycles. The van der Waals surface area contributed by atoms with Crippen molar-refractivity contribution in [1.29, 1.82) is 0 Å². The van der Waals surface area contributed by atoms with Gasteiger partial charge >= 0.3 is 20.7 Å². The minimum atomic E-state index is -2.93. The summed E-state index contributed by atoms with van der Waals surface area (Å²) in [7, 11) is 1.49. The molecule has 11 atom stereocenters. The molecule has 0 unspecified atom stereocenters. The molecule has 0 saturated carbocycles. The second kappa shape index (κ2) is 40.3. The van der Waals surface area contributed by atoms with Crippen LogP contribution in [0.15, 0.2) is 29.3 Å². The third kappa shape index (κ3) is 27.6. The van der Waals surface area contributed by atoms with Crippen LogP contribution in [0.25, 0.3) is 0 Å². The molecule has 21 N–H and O–H groups in total. The fraction of sp³-hybridized carbons (Fsp3) is 0.636. The van der Waals surface area contributed by atoms with Crippen LogP contribution in [0.2, 0.25) is 6.04 Å². The van der Waals surface area contributed by atoms with Gasteiger partial charge < -0.3 is 119 Å². The number of rotatable bonds is 42. The standard InChI is InChI=1S/C55H91N15O22Si/c1-28(2)43(68-46(80)30(4)62-48(82)35(22-32-14-16-33(74)17-15-32)58-19-11-21-93(90-6,91-7)92-8)52(86)69-44(31(5)73)51(85)61-25-40(75)64-34(12-9-18-59-55(56)57)47(81)60-24-41(76)65-36(23-42(77)78)49(83)66-37(26-71)53(87)70-20-10-13-39(70)50(84)63-29(3)45(79)67-38(27-72)54(88)89/h14-17,28-31,34-39,43-44,58,71-74H,9-13,18-27H2,1-8H3,(H,60,81)(H,61,85)(H,62,82)(H,63,84)(H,64,75)(H,65,76)(H,66,83)(H,67,79)(H,68,80)(H,69,86)(H,77,78)(H,88,89)(H4,56,57,59)/t29-,30-,31+,34-,35-,36-,37-,38-,39-,43-,44-/m0/s1. The van der Waals surface area contributed by atoms with E-state index in [0.717, 1.165) is 11.8 Å². The van der Waals surface area contributed by atoms with E-state index in [9.17, 15) is 87.9 Å². The Bertz CT molecular complexity index is 2750. The Balaban J connectivity index is 2.13. The average molecular weight is 1340 g/mol. The molecular formula is C55H91N15O22Si. The Morgan fingerprint density at radius 2 is 1.17 bits per heavy atom. The van der Waals surface area contributed by atoms with Crippen molar-refractivity contribution in [2.45, 2.75) is 152 Å². The number of aliphatic hydroxyl groups excluding tert-OH is 3. The van der Waals surface area contributed by atoms with Gasteiger partial charge in [-0.1, -0.05) is 26.0 Å². The number of nitrogens with two attached hydrogens (primary N) is 2. The zero-order valence-corrected chi connectivity index (χ0v) is 54.1. The molecule has 0 aliphatic carbocycles. The van der Waals surface area contributed by atoms with E-state index in [2.05, 4.69) is 58.2 Å². The predicted octanol–water partition coefficient (Wildman–Crippen LogP) is -8.06. The maximum atomic E-state index is 13.8. The van der Waals surface area contributed by atoms with Crippen LogP contribution in [0.1, 0.15) is 78.7 Å². The monoisotopic (exact) mass is 1340 g/mol. The number of aromatic hydroxyl groups is 1. The summed E-state index contributed by atoms with van der Waals surface area (Å²) in [6.45, 7) is 3.21. The zero-order chi connectivity index (χ0) is 70.3. The fourth-order valence-corrected chi connectivity index (χ4v) is 10.9. The Morgan fingerprint density at radius 3 is 1.71 bits per heavy atom. The summed E-state index contributed by atoms with van der Waals surface area (Å²) in [6, 6.07) is -8.13. The van der Waals surface area contributed by atoms with Crippen LogP contribution in [-0.2, 0) is 82.0 Å². The van der Waals surface area contributed by atoms with Crippen LogP contribution < -0.4 is 70.0 Å². The summed E-state index contributed by atoms with van der Waals surface area (Å²) in [5, 5.41) is 84.8. The van der Waals surface area contributed by atoms with Gasteiger partial charge in [-0.15, -0.1) is 0 Å². The van der Waals surface area contributed by atoms with Crippen molar-refractivity contribution in [3.8, 4) is 5.75 Å². The highest BCUT2D eigenvalue weighted by atomic mass is 28.4. The van der Waals surface area contributed by atoms with E-state index in [1.165, 1.54) is 47.3 Å². The smallest absolute Gasteiger partial charge is 0.500 e. The van der Waals surface area contributed by atoms with Gasteiger partial charge in [-0.2, -0.15) is 0 Å². The molecule has 1 aliphatic heterocycles. The summed E-state index contributed by atoms with van der Waals surface area (Å²) in [4.78, 5) is 175. The third-order valence-electron chi connectivity index (χ3n) is 14.4. The Hall–Kier alpha value is -8.66. The van der Waals surface area contributed by atoms with Crippen molar-refractivity contribution in [1.82, 2.24) is 63.4 Å². The quantitative estimate of drug-likeness (QED) is 0.0125. The van der Waals surface area contributed by atoms with Gasteiger partial charge in [0.25, 0.3) is 0 Å². The van der Waals surface area contributed by atoms with Crippen LogP contribution in [0.4, 0.5) is 0 Å². The van der Waals surface area contributed by atoms with Gasteiger partial charge in [-0.05, 0) is 89.5 Å². The van der Waals surface area contributed by atoms with E-state index in [4.69, 9.17) is 29.9 Å². The normalized spacial score (nSPS) is 16.1. The zero-order valence-electron chi connectivity index (χ0n) is 53.1. The molecular weight excluding hydrogens is 1250 g/mol. The second-order valence-corrected chi connectivity index (χ2v) is 25.0. The highest BCUT2D eigenvalue weighted by Gasteiger charge is 2.41. The second-order valence-electron chi connectivity index (χ2n) is 21.9. The highest BCUT2D eigenvalue weighted by molar-refractivity contribution is 6.60. The lowest BCUT2D eigenvalue weighted by Crippen LogP contribution is -2.61. The molecule has 38 heteroatoms. The highest BCUT2D eigenvalue weighted by Crippen LogP contribution is 2.20. The van der Waals surface area contributed by atoms with Crippen molar-refractivity contribution in [3.05, 3.63) is 29.8 Å². The summed E-state index contributed by atoms with van der Waals surface area (Å²) < 4.78 is 16.4. The number of nitrogens with zero attached hydrogens (tertiary/aromatic N) is 2. The van der Waals surface area contributed by atoms with Gasteiger partial charge in [-0.3, -0.25) is 62.5 Å². The molecule has 2 rings (SSSR count). The fourth-order valence-electron chi connectivity index (χ4n) is 9.14. The van der Waals surface area contributed by atoms with Crippen molar-refractivity contribution in [2.75, 3.05) is 67.3 Å². The van der Waals surface area contributed by atoms with Gasteiger partial charge in [0.05, 0.1) is 44.9 Å². The minimum absolute atomic E-state index is 0.0146. The lowest BCUT2D eigenvalue weighted by atomic mass is 10.0. The van der Waals surface area contributed by atoms with Crippen molar-refractivity contribution < 1.29 is 106 Å². The van der Waals surface area contributed by atoms with Crippen LogP contribution in [0.5, 0.6) is 5.75 Å². The number of phenolic OH excluding ortho intramolecular Hbond substituents is 1. The molecule has 1 aromatic rings. The Labute approximate surface area is 537 Å². The van der Waals surface area contributed by atoms with E-state index in [-0.39, 0.29) is 56.9 Å². The SMILES string of the molecule is CO[Si](CCCN[C@@H](Cc1ccc(O)cc1)C(=O)N[C@@H](C)C(=O)N[C@H](C(=O)N[C@H](C(=O)NCC(=O)N[C@@H](CCCN=C(N)N)C(=O)NCC(=O)N[C@@H](CC(=O)O)C(=O)N[C@@H](CO)C(=O)N1CCC[C@H]1C(=O)N[C@@H](C)C(=O)N[C@@H](CO)C(=O)O)[C@@H](C)O)C(C)C)(OC)OC. The first kappa shape index (κ1) is 80.4. The lowest BCUT2D eigenvalue weighted by Gasteiger charge is -2.29. The summed E-state index contributed by atoms with van der Waals surface area (Å²) in [5.41, 5.74) is 11.5. The van der Waals surface area contributed by atoms with E-state index in [0.29, 0.717) is 24.6 Å². The molecule has 1 saturated heterocycles. The minimum Gasteiger partial charge on any atom is -0.508 e. The number of guanidine groups is 1. The molecule has 0 spiro atoms. The number of nitrogens with one attached hydrogen (secondary N) is 11. The summed E-state index contributed by atoms with van der Waals surface area (Å²) in [5.74, 6) is -14.9. The third-order valence-corrected chi connectivity index (χ3v) is 17.2. The van der Waals surface area contributed by atoms with Gasteiger partial charge in [-0.25, -0.2) is 4.79 Å². The molecule has 93 heavy (non-hydrogen) atoms. The van der Waals surface area contributed by atoms with Crippen LogP contribution in [0, 0.1) is 5.92 Å². The van der Waals surface area contributed by atoms with Gasteiger partial charge in [0, 0.05) is 40.5 Å². The topological polar surface area (TPSA) is 571 Å². The number of hydrogen-bond donors (Lipinski definition) is 19. The number of amides is 11. The average Bonchev–Trinajstić information content (AvgIpc) is 1.79. The maximum absolute atomic E-state index is 13.8. The number of carbonyl (C=O) groups excluding carboxylic acids is 11. The van der Waals surface area contributed by atoms with E-state index in [1.54, 1.807) is 26.0 Å². The molecule has 0 radical (unpaired) electrons. The summed E-state index contributed by atoms with van der Waals surface area (Å²) in [6.07, 6.45) is -1.94. The number of aliphatic hydroxyl groups is 3. The number of aliphatic imine (C=N–C) groups is 1. The molecule has 37 nitrogen and oxygen atoms in total. The molecule has 522 valence electrons. The summed E-state index contributed by atoms with van der Waals surface area (Å²) >= 11 is 0. The van der Waals surface area contributed by atoms with Crippen LogP contribution in [0.3, 0.4) is 0 Å². The van der Waals surface area contributed by atoms with Crippen molar-refractivity contribution in [3.63, 3.8) is 0 Å². The number of likely N-dealkylation sites (tertiary alicyclic amines) is 1. The first-order valence-corrected chi connectivity index (χ1v) is 31.5. The number of carboxylic acids is 2. The first-order chi connectivity index (χ1) is 43.8. The van der Waals surface area contributed by atoms with Crippen LogP contribution in [-0.4, -0.2) is 261 Å².